The molecule has 3 rings (SSSR count). The van der Waals surface area contributed by atoms with E-state index in [2.05, 4.69) is 17.1 Å². The van der Waals surface area contributed by atoms with E-state index in [4.69, 9.17) is 9.47 Å². The molecule has 0 aliphatic carbocycles. The highest BCUT2D eigenvalue weighted by Crippen LogP contribution is 2.33. The molecule has 0 aliphatic rings. The zero-order chi connectivity index (χ0) is 19.2. The zero-order valence-electron chi connectivity index (χ0n) is 15.6. The average molecular weight is 403 g/mol. The lowest BCUT2D eigenvalue weighted by Crippen LogP contribution is -2.13. The molecule has 0 N–H and O–H groups in total. The van der Waals surface area contributed by atoms with Crippen LogP contribution in [-0.2, 0) is 11.8 Å². The van der Waals surface area contributed by atoms with E-state index >= 15 is 0 Å². The molecular weight excluding hydrogens is 380 g/mol. The van der Waals surface area contributed by atoms with Crippen LogP contribution in [0.25, 0.3) is 10.2 Å². The molecule has 0 saturated carbocycles. The molecule has 142 valence electrons. The SMILES string of the molecule is COc1cc2sc(=NC(=O)CCCSc3ccccc3)n(C)c2cc1OC. The van der Waals surface area contributed by atoms with Crippen LogP contribution in [0, 0.1) is 0 Å². The first-order valence-corrected chi connectivity index (χ1v) is 10.4. The van der Waals surface area contributed by atoms with Crippen molar-refractivity contribution in [2.45, 2.75) is 17.7 Å². The van der Waals surface area contributed by atoms with Gasteiger partial charge in [-0.2, -0.15) is 4.99 Å². The van der Waals surface area contributed by atoms with Crippen LogP contribution in [0.3, 0.4) is 0 Å². The summed E-state index contributed by atoms with van der Waals surface area (Å²) in [5.41, 5.74) is 0.962. The zero-order valence-corrected chi connectivity index (χ0v) is 17.2. The molecule has 0 bridgehead atoms. The summed E-state index contributed by atoms with van der Waals surface area (Å²) < 4.78 is 13.6. The minimum absolute atomic E-state index is 0.0928. The maximum atomic E-state index is 12.3. The molecule has 2 aromatic carbocycles. The van der Waals surface area contributed by atoms with Crippen molar-refractivity contribution in [3.63, 3.8) is 0 Å². The van der Waals surface area contributed by atoms with E-state index in [9.17, 15) is 4.79 Å². The van der Waals surface area contributed by atoms with Gasteiger partial charge in [-0.1, -0.05) is 29.5 Å². The van der Waals surface area contributed by atoms with E-state index in [1.54, 1.807) is 26.0 Å². The fourth-order valence-electron chi connectivity index (χ4n) is 2.65. The van der Waals surface area contributed by atoms with Crippen molar-refractivity contribution in [3.05, 3.63) is 47.3 Å². The first-order valence-electron chi connectivity index (χ1n) is 8.59. The number of thioether (sulfide) groups is 1. The van der Waals surface area contributed by atoms with Gasteiger partial charge in [0, 0.05) is 30.5 Å². The van der Waals surface area contributed by atoms with Gasteiger partial charge in [0.2, 0.25) is 5.91 Å². The Bertz CT molecular complexity index is 994. The predicted molar refractivity (Wildman–Crippen MR) is 111 cm³/mol. The number of methoxy groups -OCH3 is 2. The fourth-order valence-corrected chi connectivity index (χ4v) is 4.57. The smallest absolute Gasteiger partial charge is 0.248 e. The molecule has 0 saturated heterocycles. The number of ether oxygens (including phenoxy) is 2. The third-order valence-electron chi connectivity index (χ3n) is 4.08. The first-order chi connectivity index (χ1) is 13.1. The van der Waals surface area contributed by atoms with Crippen LogP contribution >= 0.6 is 23.1 Å². The Morgan fingerprint density at radius 2 is 1.85 bits per heavy atom. The van der Waals surface area contributed by atoms with Gasteiger partial charge in [-0.05, 0) is 24.3 Å². The lowest BCUT2D eigenvalue weighted by Gasteiger charge is -2.07. The normalized spacial score (nSPS) is 11.7. The summed E-state index contributed by atoms with van der Waals surface area (Å²) >= 11 is 3.23. The summed E-state index contributed by atoms with van der Waals surface area (Å²) in [6.45, 7) is 0. The highest BCUT2D eigenvalue weighted by molar-refractivity contribution is 7.99. The third-order valence-corrected chi connectivity index (χ3v) is 6.27. The Balaban J connectivity index is 1.69. The molecule has 1 amide bonds. The van der Waals surface area contributed by atoms with E-state index in [0.29, 0.717) is 22.7 Å². The van der Waals surface area contributed by atoms with Crippen LogP contribution in [0.15, 0.2) is 52.4 Å². The second kappa shape index (κ2) is 9.10. The summed E-state index contributed by atoms with van der Waals surface area (Å²) in [5, 5.41) is 0. The molecule has 0 unspecified atom stereocenters. The maximum Gasteiger partial charge on any atom is 0.248 e. The van der Waals surface area contributed by atoms with Crippen molar-refractivity contribution in [1.82, 2.24) is 4.57 Å². The van der Waals surface area contributed by atoms with Crippen molar-refractivity contribution >= 4 is 39.2 Å². The predicted octanol–water partition coefficient (Wildman–Crippen LogP) is 4.26. The molecule has 0 spiro atoms. The average Bonchev–Trinajstić information content (AvgIpc) is 2.99. The number of benzene rings is 2. The van der Waals surface area contributed by atoms with E-state index < -0.39 is 0 Å². The number of rotatable bonds is 7. The van der Waals surface area contributed by atoms with E-state index in [0.717, 1.165) is 22.4 Å². The van der Waals surface area contributed by atoms with Gasteiger partial charge >= 0.3 is 0 Å². The van der Waals surface area contributed by atoms with Crippen LogP contribution in [-0.4, -0.2) is 30.4 Å². The third kappa shape index (κ3) is 4.73. The second-order valence-corrected chi connectivity index (χ2v) is 8.07. The number of thiazole rings is 1. The molecule has 0 fully saturated rings. The summed E-state index contributed by atoms with van der Waals surface area (Å²) in [5.74, 6) is 2.14. The molecule has 0 aliphatic heterocycles. The molecule has 1 heterocycles. The molecule has 0 radical (unpaired) electrons. The minimum Gasteiger partial charge on any atom is -0.493 e. The second-order valence-electron chi connectivity index (χ2n) is 5.89. The lowest BCUT2D eigenvalue weighted by molar-refractivity contribution is -0.118. The van der Waals surface area contributed by atoms with Gasteiger partial charge in [0.15, 0.2) is 16.3 Å². The number of carbonyl (C=O) groups excluding carboxylic acids is 1. The molecular formula is C20H22N2O3S2. The quantitative estimate of drug-likeness (QED) is 0.438. The molecule has 5 nitrogen and oxygen atoms in total. The molecule has 0 atom stereocenters. The Labute approximate surface area is 166 Å². The monoisotopic (exact) mass is 402 g/mol. The summed E-state index contributed by atoms with van der Waals surface area (Å²) in [6, 6.07) is 14.0. The lowest BCUT2D eigenvalue weighted by atomic mass is 10.3. The van der Waals surface area contributed by atoms with E-state index in [-0.39, 0.29) is 5.91 Å². The van der Waals surface area contributed by atoms with Gasteiger partial charge in [-0.15, -0.1) is 11.8 Å². The summed E-state index contributed by atoms with van der Waals surface area (Å²) in [6.07, 6.45) is 1.25. The fraction of sp³-hybridized carbons (Fsp3) is 0.300. The van der Waals surface area contributed by atoms with E-state index in [1.165, 1.54) is 16.2 Å². The number of carbonyl (C=O) groups is 1. The molecule has 1 aromatic heterocycles. The number of amides is 1. The van der Waals surface area contributed by atoms with Gasteiger partial charge in [0.25, 0.3) is 0 Å². The Hall–Kier alpha value is -2.25. The number of fused-ring (bicyclic) bond motifs is 1. The van der Waals surface area contributed by atoms with Gasteiger partial charge < -0.3 is 14.0 Å². The highest BCUT2D eigenvalue weighted by atomic mass is 32.2. The van der Waals surface area contributed by atoms with Gasteiger partial charge in [-0.25, -0.2) is 0 Å². The number of aromatic nitrogens is 1. The van der Waals surface area contributed by atoms with Crippen LogP contribution < -0.4 is 14.3 Å². The molecule has 7 heteroatoms. The Kier molecular flexibility index (Phi) is 6.58. The van der Waals surface area contributed by atoms with Crippen LogP contribution in [0.5, 0.6) is 11.5 Å². The summed E-state index contributed by atoms with van der Waals surface area (Å²) in [4.78, 5) is 18.5. The largest absolute Gasteiger partial charge is 0.493 e. The highest BCUT2D eigenvalue weighted by Gasteiger charge is 2.11. The minimum atomic E-state index is -0.0928. The summed E-state index contributed by atoms with van der Waals surface area (Å²) in [7, 11) is 5.13. The number of hydrogen-bond acceptors (Lipinski definition) is 5. The van der Waals surface area contributed by atoms with Crippen molar-refractivity contribution in [1.29, 1.82) is 0 Å². The maximum absolute atomic E-state index is 12.3. The van der Waals surface area contributed by atoms with Crippen molar-refractivity contribution in [3.8, 4) is 11.5 Å². The van der Waals surface area contributed by atoms with Gasteiger partial charge in [-0.3, -0.25) is 4.79 Å². The van der Waals surface area contributed by atoms with Crippen molar-refractivity contribution < 1.29 is 14.3 Å². The number of nitrogens with zero attached hydrogens (tertiary/aromatic N) is 2. The van der Waals surface area contributed by atoms with Gasteiger partial charge in [0.1, 0.15) is 0 Å². The molecule has 27 heavy (non-hydrogen) atoms. The standard InChI is InChI=1S/C20H22N2O3S2/c1-22-15-12-16(24-2)17(25-3)13-18(15)27-20(22)21-19(23)10-7-11-26-14-8-5-4-6-9-14/h4-6,8-9,12-13H,7,10-11H2,1-3H3. The van der Waals surface area contributed by atoms with Crippen molar-refractivity contribution in [2.75, 3.05) is 20.0 Å². The van der Waals surface area contributed by atoms with E-state index in [1.807, 2.05) is 41.9 Å². The first kappa shape index (κ1) is 19.5. The van der Waals surface area contributed by atoms with Gasteiger partial charge in [0.05, 0.1) is 24.4 Å². The number of hydrogen-bond donors (Lipinski definition) is 0. The van der Waals surface area contributed by atoms with Crippen LogP contribution in [0.2, 0.25) is 0 Å². The van der Waals surface area contributed by atoms with Crippen LogP contribution in [0.1, 0.15) is 12.8 Å². The van der Waals surface area contributed by atoms with Crippen LogP contribution in [0.4, 0.5) is 0 Å². The molecule has 3 aromatic rings. The topological polar surface area (TPSA) is 52.8 Å². The Morgan fingerprint density at radius 3 is 2.56 bits per heavy atom. The Morgan fingerprint density at radius 1 is 1.15 bits per heavy atom. The number of aryl methyl sites for hydroxylation is 1. The van der Waals surface area contributed by atoms with Crippen molar-refractivity contribution in [2.24, 2.45) is 12.0 Å².